The van der Waals surface area contributed by atoms with Crippen LogP contribution in [0, 0.1) is 13.8 Å². The molecule has 0 spiro atoms. The quantitative estimate of drug-likeness (QED) is 0.912. The molecule has 0 fully saturated rings. The molecule has 1 heterocycles. The lowest BCUT2D eigenvalue weighted by molar-refractivity contribution is -0.123. The lowest BCUT2D eigenvalue weighted by atomic mass is 10.2. The Bertz CT molecular complexity index is 549. The number of nitrogens with zero attached hydrogens (tertiary/aromatic N) is 1. The molecule has 4 nitrogen and oxygen atoms in total. The molecule has 5 heteroatoms. The monoisotopic (exact) mass is 276 g/mol. The average molecular weight is 276 g/mol. The van der Waals surface area contributed by atoms with Crippen molar-refractivity contribution in [2.45, 2.75) is 20.4 Å². The van der Waals surface area contributed by atoms with Crippen molar-refractivity contribution < 1.29 is 9.53 Å². The van der Waals surface area contributed by atoms with Gasteiger partial charge in [0.2, 0.25) is 0 Å². The fourth-order valence-electron chi connectivity index (χ4n) is 1.51. The summed E-state index contributed by atoms with van der Waals surface area (Å²) in [6, 6.07) is 7.61. The predicted molar refractivity (Wildman–Crippen MR) is 75.4 cm³/mol. The third-order valence-corrected chi connectivity index (χ3v) is 3.35. The van der Waals surface area contributed by atoms with Gasteiger partial charge in [-0.05, 0) is 26.0 Å². The largest absolute Gasteiger partial charge is 0.484 e. The molecule has 2 rings (SSSR count). The van der Waals surface area contributed by atoms with Crippen LogP contribution >= 0.6 is 11.3 Å². The molecule has 1 aromatic heterocycles. The molecule has 1 N–H and O–H groups in total. The first-order chi connectivity index (χ1) is 9.13. The summed E-state index contributed by atoms with van der Waals surface area (Å²) < 4.78 is 5.39. The van der Waals surface area contributed by atoms with Crippen molar-refractivity contribution in [3.63, 3.8) is 0 Å². The Morgan fingerprint density at radius 1 is 1.32 bits per heavy atom. The molecular formula is C14H16N2O2S. The van der Waals surface area contributed by atoms with Gasteiger partial charge in [0.05, 0.1) is 17.2 Å². The van der Waals surface area contributed by atoms with Crippen LogP contribution in [0.3, 0.4) is 0 Å². The molecule has 0 radical (unpaired) electrons. The maximum absolute atomic E-state index is 11.6. The summed E-state index contributed by atoms with van der Waals surface area (Å²) in [7, 11) is 0. The summed E-state index contributed by atoms with van der Waals surface area (Å²) >= 11 is 1.57. The van der Waals surface area contributed by atoms with Crippen LogP contribution in [0.15, 0.2) is 29.6 Å². The maximum atomic E-state index is 11.6. The average Bonchev–Trinajstić information content (AvgIpc) is 2.81. The van der Waals surface area contributed by atoms with Crippen LogP contribution in [-0.4, -0.2) is 17.5 Å². The molecule has 0 saturated carbocycles. The first-order valence-electron chi connectivity index (χ1n) is 6.00. The van der Waals surface area contributed by atoms with Gasteiger partial charge in [-0.15, -0.1) is 11.3 Å². The second-order valence-electron chi connectivity index (χ2n) is 4.24. The number of nitrogens with one attached hydrogen (secondary N) is 1. The highest BCUT2D eigenvalue weighted by molar-refractivity contribution is 7.09. The molecule has 1 amide bonds. The number of benzene rings is 1. The van der Waals surface area contributed by atoms with Crippen LogP contribution in [0.1, 0.15) is 16.3 Å². The maximum Gasteiger partial charge on any atom is 0.258 e. The SMILES string of the molecule is Cc1ccc(OCC(=O)NCc2csc(C)n2)cc1. The van der Waals surface area contributed by atoms with E-state index in [1.54, 1.807) is 11.3 Å². The zero-order valence-corrected chi connectivity index (χ0v) is 11.8. The summed E-state index contributed by atoms with van der Waals surface area (Å²) in [5, 5.41) is 5.72. The molecular weight excluding hydrogens is 260 g/mol. The van der Waals surface area contributed by atoms with Gasteiger partial charge in [0.15, 0.2) is 6.61 Å². The molecule has 0 aliphatic carbocycles. The second-order valence-corrected chi connectivity index (χ2v) is 5.30. The minimum absolute atomic E-state index is 0.0200. The molecule has 0 atom stereocenters. The molecule has 0 saturated heterocycles. The first kappa shape index (κ1) is 13.5. The summed E-state index contributed by atoms with van der Waals surface area (Å²) in [6.07, 6.45) is 0. The van der Waals surface area contributed by atoms with E-state index in [0.717, 1.165) is 16.3 Å². The van der Waals surface area contributed by atoms with E-state index in [4.69, 9.17) is 4.74 Å². The Morgan fingerprint density at radius 2 is 2.05 bits per heavy atom. The number of thiazole rings is 1. The standard InChI is InChI=1S/C14H16N2O2S/c1-10-3-5-13(6-4-10)18-8-14(17)15-7-12-9-19-11(2)16-12/h3-6,9H,7-8H2,1-2H3,(H,15,17). The van der Waals surface area contributed by atoms with Gasteiger partial charge in [0.1, 0.15) is 5.75 Å². The van der Waals surface area contributed by atoms with Gasteiger partial charge in [0.25, 0.3) is 5.91 Å². The number of carbonyl (C=O) groups is 1. The van der Waals surface area contributed by atoms with E-state index < -0.39 is 0 Å². The molecule has 100 valence electrons. The zero-order valence-electron chi connectivity index (χ0n) is 11.0. The Hall–Kier alpha value is -1.88. The van der Waals surface area contributed by atoms with Crippen molar-refractivity contribution in [2.75, 3.05) is 6.61 Å². The van der Waals surface area contributed by atoms with E-state index in [-0.39, 0.29) is 12.5 Å². The minimum Gasteiger partial charge on any atom is -0.484 e. The number of hydrogen-bond acceptors (Lipinski definition) is 4. The van der Waals surface area contributed by atoms with Crippen molar-refractivity contribution >= 4 is 17.2 Å². The number of rotatable bonds is 5. The number of amides is 1. The van der Waals surface area contributed by atoms with Crippen molar-refractivity contribution in [3.8, 4) is 5.75 Å². The normalized spacial score (nSPS) is 10.2. The topological polar surface area (TPSA) is 51.2 Å². The smallest absolute Gasteiger partial charge is 0.258 e. The second kappa shape index (κ2) is 6.33. The van der Waals surface area contributed by atoms with Gasteiger partial charge in [-0.25, -0.2) is 4.98 Å². The highest BCUT2D eigenvalue weighted by Gasteiger charge is 2.04. The molecule has 0 bridgehead atoms. The fraction of sp³-hybridized carbons (Fsp3) is 0.286. The van der Waals surface area contributed by atoms with Crippen LogP contribution in [0.4, 0.5) is 0 Å². The van der Waals surface area contributed by atoms with Crippen molar-refractivity contribution in [2.24, 2.45) is 0 Å². The molecule has 0 unspecified atom stereocenters. The predicted octanol–water partition coefficient (Wildman–Crippen LogP) is 2.46. The number of aryl methyl sites for hydroxylation is 2. The third-order valence-electron chi connectivity index (χ3n) is 2.52. The number of carbonyl (C=O) groups excluding carboxylic acids is 1. The van der Waals surface area contributed by atoms with Gasteiger partial charge >= 0.3 is 0 Å². The number of aromatic nitrogens is 1. The Balaban J connectivity index is 1.74. The molecule has 0 aliphatic heterocycles. The van der Waals surface area contributed by atoms with Gasteiger partial charge < -0.3 is 10.1 Å². The van der Waals surface area contributed by atoms with Gasteiger partial charge in [-0.3, -0.25) is 4.79 Å². The van der Waals surface area contributed by atoms with Crippen LogP contribution in [0.5, 0.6) is 5.75 Å². The molecule has 0 aliphatic rings. The van der Waals surface area contributed by atoms with E-state index in [1.807, 2.05) is 43.5 Å². The van der Waals surface area contributed by atoms with Gasteiger partial charge in [0, 0.05) is 5.38 Å². The molecule has 1 aromatic carbocycles. The third kappa shape index (κ3) is 4.37. The van der Waals surface area contributed by atoms with Crippen LogP contribution in [-0.2, 0) is 11.3 Å². The van der Waals surface area contributed by atoms with E-state index in [1.165, 1.54) is 0 Å². The first-order valence-corrected chi connectivity index (χ1v) is 6.88. The van der Waals surface area contributed by atoms with Crippen LogP contribution in [0.2, 0.25) is 0 Å². The van der Waals surface area contributed by atoms with Crippen molar-refractivity contribution in [1.29, 1.82) is 0 Å². The zero-order chi connectivity index (χ0) is 13.7. The summed E-state index contributed by atoms with van der Waals surface area (Å²) in [5.41, 5.74) is 2.04. The van der Waals surface area contributed by atoms with Crippen molar-refractivity contribution in [1.82, 2.24) is 10.3 Å². The van der Waals surface area contributed by atoms with E-state index in [2.05, 4.69) is 10.3 Å². The highest BCUT2D eigenvalue weighted by atomic mass is 32.1. The molecule has 2 aromatic rings. The summed E-state index contributed by atoms with van der Waals surface area (Å²) in [6.45, 7) is 4.41. The number of ether oxygens (including phenoxy) is 1. The Kier molecular flexibility index (Phi) is 4.52. The van der Waals surface area contributed by atoms with Crippen LogP contribution < -0.4 is 10.1 Å². The minimum atomic E-state index is -0.147. The Morgan fingerprint density at radius 3 is 2.68 bits per heavy atom. The fourth-order valence-corrected chi connectivity index (χ4v) is 2.13. The highest BCUT2D eigenvalue weighted by Crippen LogP contribution is 2.11. The number of hydrogen-bond donors (Lipinski definition) is 1. The lowest BCUT2D eigenvalue weighted by Crippen LogP contribution is -2.28. The van der Waals surface area contributed by atoms with E-state index >= 15 is 0 Å². The summed E-state index contributed by atoms with van der Waals surface area (Å²) in [4.78, 5) is 15.9. The summed E-state index contributed by atoms with van der Waals surface area (Å²) in [5.74, 6) is 0.552. The van der Waals surface area contributed by atoms with Gasteiger partial charge in [-0.2, -0.15) is 0 Å². The van der Waals surface area contributed by atoms with Crippen LogP contribution in [0.25, 0.3) is 0 Å². The molecule has 19 heavy (non-hydrogen) atoms. The van der Waals surface area contributed by atoms with Crippen molar-refractivity contribution in [3.05, 3.63) is 45.9 Å². The van der Waals surface area contributed by atoms with E-state index in [9.17, 15) is 4.79 Å². The Labute approximate surface area is 116 Å². The lowest BCUT2D eigenvalue weighted by Gasteiger charge is -2.06. The van der Waals surface area contributed by atoms with Gasteiger partial charge in [-0.1, -0.05) is 17.7 Å². The van der Waals surface area contributed by atoms with E-state index in [0.29, 0.717) is 12.3 Å².